The van der Waals surface area contributed by atoms with Gasteiger partial charge in [0, 0.05) is 0 Å². The highest BCUT2D eigenvalue weighted by Crippen LogP contribution is 2.48. The van der Waals surface area contributed by atoms with E-state index in [4.69, 9.17) is 0 Å². The van der Waals surface area contributed by atoms with E-state index in [2.05, 4.69) is 4.28 Å². The Morgan fingerprint density at radius 2 is 1.71 bits per heavy atom. The molecule has 0 spiro atoms. The summed E-state index contributed by atoms with van der Waals surface area (Å²) < 4.78 is 28.8. The third-order valence-electron chi connectivity index (χ3n) is 4.61. The van der Waals surface area contributed by atoms with Crippen molar-refractivity contribution >= 4 is 22.0 Å². The maximum atomic E-state index is 12.3. The van der Waals surface area contributed by atoms with Crippen LogP contribution in [0.1, 0.15) is 12.0 Å². The summed E-state index contributed by atoms with van der Waals surface area (Å²) in [6.07, 6.45) is 4.19. The number of nitrogens with one attached hydrogen (secondary N) is 1. The van der Waals surface area contributed by atoms with E-state index in [9.17, 15) is 23.1 Å². The van der Waals surface area contributed by atoms with Crippen LogP contribution in [0.3, 0.4) is 0 Å². The fourth-order valence-corrected chi connectivity index (χ4v) is 4.19. The summed E-state index contributed by atoms with van der Waals surface area (Å²) in [6, 6.07) is 5.97. The number of aryl methyl sites for hydroxylation is 1. The summed E-state index contributed by atoms with van der Waals surface area (Å²) in [6.45, 7) is 1.81. The zero-order valence-electron chi connectivity index (χ0n) is 12.9. The monoisotopic (exact) mass is 351 g/mol. The minimum absolute atomic E-state index is 0.0870. The van der Waals surface area contributed by atoms with E-state index in [1.807, 2.05) is 18.5 Å². The molecule has 128 valence electrons. The van der Waals surface area contributed by atoms with Crippen molar-refractivity contribution in [1.82, 2.24) is 5.48 Å². The Balaban J connectivity index is 1.70. The van der Waals surface area contributed by atoms with E-state index in [1.54, 1.807) is 18.2 Å². The van der Waals surface area contributed by atoms with Gasteiger partial charge in [0.2, 0.25) is 5.91 Å². The Bertz CT molecular complexity index is 798. The van der Waals surface area contributed by atoms with Crippen molar-refractivity contribution in [3.8, 4) is 0 Å². The highest BCUT2D eigenvalue weighted by Gasteiger charge is 2.51. The highest BCUT2D eigenvalue weighted by molar-refractivity contribution is 7.86. The van der Waals surface area contributed by atoms with E-state index in [-0.39, 0.29) is 16.7 Å². The van der Waals surface area contributed by atoms with Crippen LogP contribution in [0.4, 0.5) is 0 Å². The van der Waals surface area contributed by atoms with Gasteiger partial charge in [0.15, 0.2) is 0 Å². The lowest BCUT2D eigenvalue weighted by molar-refractivity contribution is -0.149. The molecule has 24 heavy (non-hydrogen) atoms. The normalized spacial score (nSPS) is 28.0. The molecule has 0 radical (unpaired) electrons. The second-order valence-electron chi connectivity index (χ2n) is 6.15. The molecule has 2 aliphatic carbocycles. The molecule has 0 saturated heterocycles. The molecule has 7 nitrogen and oxygen atoms in total. The maximum Gasteiger partial charge on any atom is 0.317 e. The first-order valence-electron chi connectivity index (χ1n) is 7.51. The quantitative estimate of drug-likeness (QED) is 0.610. The van der Waals surface area contributed by atoms with Gasteiger partial charge in [0.05, 0.1) is 16.7 Å². The summed E-state index contributed by atoms with van der Waals surface area (Å²) in [5.41, 5.74) is 2.81. The minimum Gasteiger partial charge on any atom is -0.481 e. The lowest BCUT2D eigenvalue weighted by Gasteiger charge is -2.23. The number of fused-ring (bicyclic) bond motifs is 2. The molecule has 1 fully saturated rings. The second-order valence-corrected chi connectivity index (χ2v) is 7.70. The molecule has 8 heteroatoms. The van der Waals surface area contributed by atoms with Gasteiger partial charge in [0.25, 0.3) is 0 Å². The van der Waals surface area contributed by atoms with E-state index >= 15 is 0 Å². The van der Waals surface area contributed by atoms with Gasteiger partial charge in [-0.2, -0.15) is 8.42 Å². The number of amides is 1. The molecule has 0 aromatic heterocycles. The number of hydrogen-bond acceptors (Lipinski definition) is 5. The predicted octanol–water partition coefficient (Wildman–Crippen LogP) is 1.25. The molecule has 1 amide bonds. The molecule has 2 N–H and O–H groups in total. The Labute approximate surface area is 139 Å². The smallest absolute Gasteiger partial charge is 0.317 e. The number of allylic oxidation sites excluding steroid dienone is 2. The zero-order chi connectivity index (χ0) is 17.5. The van der Waals surface area contributed by atoms with E-state index in [0.29, 0.717) is 6.42 Å². The van der Waals surface area contributed by atoms with Crippen LogP contribution in [0, 0.1) is 30.6 Å². The van der Waals surface area contributed by atoms with Gasteiger partial charge < -0.3 is 5.11 Å². The second kappa shape index (κ2) is 6.03. The van der Waals surface area contributed by atoms with Gasteiger partial charge in [-0.15, -0.1) is 4.28 Å². The predicted molar refractivity (Wildman–Crippen MR) is 82.9 cm³/mol. The topological polar surface area (TPSA) is 110 Å². The van der Waals surface area contributed by atoms with Gasteiger partial charge in [0.1, 0.15) is 0 Å². The van der Waals surface area contributed by atoms with Crippen LogP contribution in [-0.2, 0) is 24.0 Å². The van der Waals surface area contributed by atoms with Crippen molar-refractivity contribution in [1.29, 1.82) is 0 Å². The van der Waals surface area contributed by atoms with E-state index < -0.39 is 33.8 Å². The zero-order valence-corrected chi connectivity index (χ0v) is 13.7. The maximum absolute atomic E-state index is 12.3. The van der Waals surface area contributed by atoms with Gasteiger partial charge in [-0.25, -0.2) is 5.48 Å². The lowest BCUT2D eigenvalue weighted by atomic mass is 9.82. The Morgan fingerprint density at radius 3 is 2.29 bits per heavy atom. The summed E-state index contributed by atoms with van der Waals surface area (Å²) >= 11 is 0. The Kier molecular flexibility index (Phi) is 4.18. The lowest BCUT2D eigenvalue weighted by Crippen LogP contribution is -2.41. The van der Waals surface area contributed by atoms with Crippen LogP contribution >= 0.6 is 0 Å². The third kappa shape index (κ3) is 2.94. The Morgan fingerprint density at radius 1 is 1.12 bits per heavy atom. The molecule has 2 aliphatic rings. The van der Waals surface area contributed by atoms with Crippen molar-refractivity contribution in [2.24, 2.45) is 23.7 Å². The number of benzene rings is 1. The molecule has 0 aliphatic heterocycles. The number of hydroxylamine groups is 1. The number of aliphatic carboxylic acids is 1. The fourth-order valence-electron chi connectivity index (χ4n) is 3.43. The van der Waals surface area contributed by atoms with Gasteiger partial charge in [-0.1, -0.05) is 29.8 Å². The van der Waals surface area contributed by atoms with Crippen molar-refractivity contribution < 1.29 is 27.4 Å². The molecule has 0 heterocycles. The first-order chi connectivity index (χ1) is 11.3. The molecule has 2 bridgehead atoms. The summed E-state index contributed by atoms with van der Waals surface area (Å²) in [5.74, 6) is -3.88. The van der Waals surface area contributed by atoms with E-state index in [1.165, 1.54) is 12.1 Å². The standard InChI is InChI=1S/C16H17NO6S/c1-9-2-6-12(7-3-9)24(21,22)23-17-15(18)13-10-4-5-11(8-10)14(13)16(19)20/h2-7,10-11,13-14H,8H2,1H3,(H,17,18)(H,19,20). The third-order valence-corrected chi connectivity index (χ3v) is 5.76. The first-order valence-corrected chi connectivity index (χ1v) is 8.91. The largest absolute Gasteiger partial charge is 0.481 e. The number of carbonyl (C=O) groups excluding carboxylic acids is 1. The first kappa shape index (κ1) is 16.7. The van der Waals surface area contributed by atoms with Gasteiger partial charge in [-0.3, -0.25) is 9.59 Å². The van der Waals surface area contributed by atoms with E-state index in [0.717, 1.165) is 5.56 Å². The fraction of sp³-hybridized carbons (Fsp3) is 0.375. The molecule has 4 atom stereocenters. The SMILES string of the molecule is Cc1ccc(S(=O)(=O)ONC(=O)C2C3C=CC(C3)C2C(=O)O)cc1. The van der Waals surface area contributed by atoms with Crippen LogP contribution in [0.5, 0.6) is 0 Å². The molecular formula is C16H17NO6S. The average Bonchev–Trinajstić information content (AvgIpc) is 3.14. The Hall–Kier alpha value is -2.19. The summed E-state index contributed by atoms with van der Waals surface area (Å²) in [4.78, 5) is 23.6. The number of carboxylic acids is 1. The number of carboxylic acid groups (broad SMARTS) is 1. The minimum atomic E-state index is -4.15. The average molecular weight is 351 g/mol. The molecule has 1 saturated carbocycles. The number of carbonyl (C=O) groups is 2. The van der Waals surface area contributed by atoms with Crippen LogP contribution in [0.15, 0.2) is 41.3 Å². The van der Waals surface area contributed by atoms with Crippen molar-refractivity contribution in [2.45, 2.75) is 18.2 Å². The van der Waals surface area contributed by atoms with Crippen molar-refractivity contribution in [3.63, 3.8) is 0 Å². The number of rotatable bonds is 5. The van der Waals surface area contributed by atoms with Gasteiger partial charge in [-0.05, 0) is 37.3 Å². The van der Waals surface area contributed by atoms with Crippen LogP contribution in [-0.4, -0.2) is 25.4 Å². The molecular weight excluding hydrogens is 334 g/mol. The summed E-state index contributed by atoms with van der Waals surface area (Å²) in [7, 11) is -4.15. The highest BCUT2D eigenvalue weighted by atomic mass is 32.2. The number of hydrogen-bond donors (Lipinski definition) is 2. The van der Waals surface area contributed by atoms with Crippen LogP contribution in [0.25, 0.3) is 0 Å². The van der Waals surface area contributed by atoms with Crippen molar-refractivity contribution in [3.05, 3.63) is 42.0 Å². The van der Waals surface area contributed by atoms with Crippen LogP contribution < -0.4 is 5.48 Å². The van der Waals surface area contributed by atoms with Crippen LogP contribution in [0.2, 0.25) is 0 Å². The molecule has 1 aromatic carbocycles. The molecule has 3 rings (SSSR count). The molecule has 1 aromatic rings. The van der Waals surface area contributed by atoms with Gasteiger partial charge >= 0.3 is 16.1 Å². The molecule has 4 unspecified atom stereocenters. The van der Waals surface area contributed by atoms with Crippen molar-refractivity contribution in [2.75, 3.05) is 0 Å². The summed E-state index contributed by atoms with van der Waals surface area (Å²) in [5, 5.41) is 9.31.